The Morgan fingerprint density at radius 3 is 2.58 bits per heavy atom. The van der Waals surface area contributed by atoms with Crippen molar-refractivity contribution in [3.63, 3.8) is 0 Å². The smallest absolute Gasteiger partial charge is 0.310 e. The van der Waals surface area contributed by atoms with E-state index < -0.39 is 41.6 Å². The van der Waals surface area contributed by atoms with Crippen LogP contribution < -0.4 is 0 Å². The van der Waals surface area contributed by atoms with Crippen molar-refractivity contribution in [3.05, 3.63) is 12.7 Å². The first kappa shape index (κ1) is 24.2. The lowest BCUT2D eigenvalue weighted by atomic mass is 9.70. The fraction of sp³-hybridized carbons (Fsp3) is 0.800. The van der Waals surface area contributed by atoms with Crippen molar-refractivity contribution in [2.75, 3.05) is 13.2 Å². The molecule has 184 valence electrons. The number of hydrogen-bond acceptors (Lipinski definition) is 5. The molecule has 0 aromatic heterocycles. The summed E-state index contributed by atoms with van der Waals surface area (Å²) in [5, 5.41) is 20.3. The maximum Gasteiger partial charge on any atom is 0.310 e. The largest absolute Gasteiger partial charge is 0.481 e. The maximum absolute atomic E-state index is 14.3. The number of rotatable bonds is 9. The van der Waals surface area contributed by atoms with Crippen LogP contribution in [-0.4, -0.2) is 80.8 Å². The van der Waals surface area contributed by atoms with E-state index in [2.05, 4.69) is 6.58 Å². The molecular weight excluding hydrogens is 424 g/mol. The van der Waals surface area contributed by atoms with Gasteiger partial charge in [0.05, 0.1) is 30.6 Å². The Bertz CT molecular complexity index is 796. The molecule has 2 N–H and O–H groups in total. The minimum absolute atomic E-state index is 0.0486. The lowest BCUT2D eigenvalue weighted by Crippen LogP contribution is -2.61. The number of hydrogen-bond donors (Lipinski definition) is 2. The van der Waals surface area contributed by atoms with Crippen molar-refractivity contribution in [3.8, 4) is 0 Å². The van der Waals surface area contributed by atoms with E-state index >= 15 is 0 Å². The van der Waals surface area contributed by atoms with Crippen molar-refractivity contribution in [2.45, 2.75) is 95.0 Å². The van der Waals surface area contributed by atoms with Crippen LogP contribution in [0.2, 0.25) is 0 Å². The van der Waals surface area contributed by atoms with Gasteiger partial charge in [-0.15, -0.1) is 6.58 Å². The van der Waals surface area contributed by atoms with Crippen molar-refractivity contribution < 1.29 is 29.3 Å². The van der Waals surface area contributed by atoms with Crippen molar-refractivity contribution in [2.24, 2.45) is 17.8 Å². The fourth-order valence-electron chi connectivity index (χ4n) is 6.93. The third kappa shape index (κ3) is 3.70. The number of likely N-dealkylation sites (tertiary alicyclic amines) is 1. The van der Waals surface area contributed by atoms with Gasteiger partial charge in [-0.1, -0.05) is 45.6 Å². The third-order valence-corrected chi connectivity index (χ3v) is 8.73. The average Bonchev–Trinajstić information content (AvgIpc) is 3.46. The van der Waals surface area contributed by atoms with Gasteiger partial charge in [0.1, 0.15) is 11.6 Å². The highest BCUT2D eigenvalue weighted by molar-refractivity contribution is 5.98. The summed E-state index contributed by atoms with van der Waals surface area (Å²) in [4.78, 5) is 43.7. The number of nitrogens with zero attached hydrogens (tertiary/aromatic N) is 2. The number of aliphatic hydroxyl groups is 1. The molecule has 8 heteroatoms. The summed E-state index contributed by atoms with van der Waals surface area (Å²) in [6.45, 7) is 7.89. The van der Waals surface area contributed by atoms with Crippen LogP contribution in [0.5, 0.6) is 0 Å². The molecule has 4 rings (SSSR count). The average molecular weight is 463 g/mol. The first-order chi connectivity index (χ1) is 15.8. The standard InChI is InChI=1S/C25H38N2O6/c1-4-13-26(16-9-7-6-8-10-16)23(30)21-25-12-11-18(33-25)19(24(31)32)20(25)22(29)27(21)17(14-28)15(3)5-2/h4,15-21,28H,1,5-14H2,2-3H3,(H,31,32)/t15-,17-,18-,19+,20-,21?,25?/m0/s1. The number of carbonyl (C=O) groups is 3. The second kappa shape index (κ2) is 9.37. The first-order valence-electron chi connectivity index (χ1n) is 12.6. The predicted molar refractivity (Wildman–Crippen MR) is 121 cm³/mol. The van der Waals surface area contributed by atoms with Crippen LogP contribution in [0.3, 0.4) is 0 Å². The minimum Gasteiger partial charge on any atom is -0.481 e. The Kier molecular flexibility index (Phi) is 6.87. The van der Waals surface area contributed by atoms with E-state index in [-0.39, 0.29) is 30.4 Å². The molecule has 3 heterocycles. The number of fused-ring (bicyclic) bond motifs is 1. The molecule has 1 spiro atoms. The summed E-state index contributed by atoms with van der Waals surface area (Å²) in [7, 11) is 0. The van der Waals surface area contributed by atoms with E-state index in [9.17, 15) is 24.6 Å². The van der Waals surface area contributed by atoms with Crippen LogP contribution in [0.4, 0.5) is 0 Å². The molecule has 33 heavy (non-hydrogen) atoms. The van der Waals surface area contributed by atoms with Crippen LogP contribution in [-0.2, 0) is 19.1 Å². The predicted octanol–water partition coefficient (Wildman–Crippen LogP) is 2.20. The molecule has 2 bridgehead atoms. The van der Waals surface area contributed by atoms with Gasteiger partial charge in [0.2, 0.25) is 11.8 Å². The SMILES string of the molecule is C=CCN(C(=O)C1N([C@@H](CO)[C@@H](C)CC)C(=O)[C@@H]2[C@H](C(=O)O)[C@@H]3CCC12O3)C1CCCCC1. The van der Waals surface area contributed by atoms with Crippen LogP contribution in [0.1, 0.15) is 65.2 Å². The molecule has 0 aromatic rings. The van der Waals surface area contributed by atoms with E-state index in [0.29, 0.717) is 19.4 Å². The van der Waals surface area contributed by atoms with Crippen molar-refractivity contribution >= 4 is 17.8 Å². The van der Waals surface area contributed by atoms with E-state index in [1.165, 1.54) is 4.90 Å². The molecule has 3 saturated heterocycles. The Morgan fingerprint density at radius 2 is 2.00 bits per heavy atom. The molecule has 7 atom stereocenters. The fourth-order valence-corrected chi connectivity index (χ4v) is 6.93. The van der Waals surface area contributed by atoms with Gasteiger partial charge >= 0.3 is 5.97 Å². The zero-order valence-corrected chi connectivity index (χ0v) is 19.8. The second-order valence-corrected chi connectivity index (χ2v) is 10.3. The van der Waals surface area contributed by atoms with Gasteiger partial charge in [0, 0.05) is 12.6 Å². The molecular formula is C25H38N2O6. The van der Waals surface area contributed by atoms with Crippen molar-refractivity contribution in [1.29, 1.82) is 0 Å². The Labute approximate surface area is 195 Å². The van der Waals surface area contributed by atoms with Crippen molar-refractivity contribution in [1.82, 2.24) is 9.80 Å². The maximum atomic E-state index is 14.3. The lowest BCUT2D eigenvalue weighted by Gasteiger charge is -2.43. The van der Waals surface area contributed by atoms with E-state index in [1.807, 2.05) is 18.7 Å². The number of carboxylic acid groups (broad SMARTS) is 1. The number of aliphatic carboxylic acids is 1. The quantitative estimate of drug-likeness (QED) is 0.509. The summed E-state index contributed by atoms with van der Waals surface area (Å²) in [5.74, 6) is -3.49. The van der Waals surface area contributed by atoms with Gasteiger partial charge in [-0.2, -0.15) is 0 Å². The van der Waals surface area contributed by atoms with Gasteiger partial charge in [-0.3, -0.25) is 14.4 Å². The molecule has 2 unspecified atom stereocenters. The minimum atomic E-state index is -1.14. The van der Waals surface area contributed by atoms with Crippen LogP contribution in [0.15, 0.2) is 12.7 Å². The number of carboxylic acids is 1. The molecule has 4 fully saturated rings. The molecule has 0 aromatic carbocycles. The molecule has 2 amide bonds. The molecule has 1 saturated carbocycles. The highest BCUT2D eigenvalue weighted by Gasteiger charge is 2.75. The molecule has 0 radical (unpaired) electrons. The van der Waals surface area contributed by atoms with Crippen LogP contribution in [0.25, 0.3) is 0 Å². The van der Waals surface area contributed by atoms with Gasteiger partial charge in [0.25, 0.3) is 0 Å². The van der Waals surface area contributed by atoms with Gasteiger partial charge in [-0.25, -0.2) is 0 Å². The normalized spacial score (nSPS) is 35.4. The molecule has 1 aliphatic carbocycles. The summed E-state index contributed by atoms with van der Waals surface area (Å²) in [6.07, 6.45) is 7.97. The van der Waals surface area contributed by atoms with Gasteiger partial charge < -0.3 is 24.7 Å². The summed E-state index contributed by atoms with van der Waals surface area (Å²) < 4.78 is 6.32. The second-order valence-electron chi connectivity index (χ2n) is 10.3. The Balaban J connectivity index is 1.79. The zero-order valence-electron chi connectivity index (χ0n) is 19.8. The molecule has 3 aliphatic heterocycles. The van der Waals surface area contributed by atoms with Crippen LogP contribution >= 0.6 is 0 Å². The van der Waals surface area contributed by atoms with Gasteiger partial charge in [-0.05, 0) is 31.6 Å². The summed E-state index contributed by atoms with van der Waals surface area (Å²) >= 11 is 0. The number of carbonyl (C=O) groups excluding carboxylic acids is 2. The number of ether oxygens (including phenoxy) is 1. The lowest BCUT2D eigenvalue weighted by molar-refractivity contribution is -0.155. The number of amides is 2. The summed E-state index contributed by atoms with van der Waals surface area (Å²) in [5.41, 5.74) is -1.14. The monoisotopic (exact) mass is 462 g/mol. The molecule has 4 aliphatic rings. The topological polar surface area (TPSA) is 107 Å². The third-order valence-electron chi connectivity index (χ3n) is 8.73. The van der Waals surface area contributed by atoms with E-state index in [4.69, 9.17) is 4.74 Å². The highest BCUT2D eigenvalue weighted by Crippen LogP contribution is 2.59. The highest BCUT2D eigenvalue weighted by atomic mass is 16.5. The Hall–Kier alpha value is -1.93. The van der Waals surface area contributed by atoms with Gasteiger partial charge in [0.15, 0.2) is 0 Å². The van der Waals surface area contributed by atoms with E-state index in [0.717, 1.165) is 38.5 Å². The zero-order chi connectivity index (χ0) is 23.9. The number of aliphatic hydroxyl groups excluding tert-OH is 1. The summed E-state index contributed by atoms with van der Waals surface area (Å²) in [6, 6.07) is -1.41. The molecule has 8 nitrogen and oxygen atoms in total. The first-order valence-corrected chi connectivity index (χ1v) is 12.6. The van der Waals surface area contributed by atoms with E-state index in [1.54, 1.807) is 6.08 Å². The van der Waals surface area contributed by atoms with Crippen LogP contribution in [0, 0.1) is 17.8 Å². The Morgan fingerprint density at radius 1 is 1.30 bits per heavy atom.